The number of fused-ring (bicyclic) bond motifs is 1. The first kappa shape index (κ1) is 42.2. The fraction of sp³-hybridized carbons (Fsp3) is 0.535. The largest absolute Gasteiger partial charge is 0.495 e. The van der Waals surface area contributed by atoms with Gasteiger partial charge in [-0.15, -0.1) is 0 Å². The van der Waals surface area contributed by atoms with Crippen LogP contribution in [0.1, 0.15) is 74.2 Å². The molecule has 1 aliphatic carbocycles. The molecule has 4 aliphatic heterocycles. The SMILES string of the molecule is COc1cc(C(=O)NN2CC3(CCC(CN4CCN(c5ccc(C6CCC(=O)NC6=O)cc5F)CC4)CC3)C2)ccc1Nc1ncc2c(n1)N(C(C)C)CC(F)(F)C(=O)N2C. The normalized spacial score (nSPS) is 22.1. The molecule has 4 amide bonds. The second-order valence-corrected chi connectivity index (χ2v) is 17.5. The number of nitrogens with zero attached hydrogens (tertiary/aromatic N) is 7. The summed E-state index contributed by atoms with van der Waals surface area (Å²) in [6.45, 7) is 8.40. The van der Waals surface area contributed by atoms with Gasteiger partial charge in [-0.3, -0.25) is 34.8 Å². The van der Waals surface area contributed by atoms with Crippen molar-refractivity contribution in [1.29, 1.82) is 0 Å². The third-order valence-corrected chi connectivity index (χ3v) is 13.0. The number of hydrogen-bond donors (Lipinski definition) is 3. The molecule has 3 N–H and O–H groups in total. The van der Waals surface area contributed by atoms with Gasteiger partial charge in [0.05, 0.1) is 37.1 Å². The quantitative estimate of drug-likeness (QED) is 0.243. The number of carbonyl (C=O) groups excluding carboxylic acids is 4. The van der Waals surface area contributed by atoms with Crippen LogP contribution in [0.2, 0.25) is 0 Å². The van der Waals surface area contributed by atoms with Crippen molar-refractivity contribution in [1.82, 2.24) is 30.6 Å². The minimum Gasteiger partial charge on any atom is -0.495 e. The third kappa shape index (κ3) is 8.69. The summed E-state index contributed by atoms with van der Waals surface area (Å²) in [4.78, 5) is 65.3. The first-order chi connectivity index (χ1) is 29.1. The van der Waals surface area contributed by atoms with E-state index in [0.29, 0.717) is 40.6 Å². The van der Waals surface area contributed by atoms with Crippen LogP contribution in [0, 0.1) is 17.2 Å². The van der Waals surface area contributed by atoms with Gasteiger partial charge in [0.25, 0.3) is 11.8 Å². The molecule has 1 saturated carbocycles. The molecule has 5 heterocycles. The Morgan fingerprint density at radius 1 is 0.984 bits per heavy atom. The first-order valence-corrected chi connectivity index (χ1v) is 21.0. The summed E-state index contributed by atoms with van der Waals surface area (Å²) in [6, 6.07) is 9.58. The third-order valence-electron chi connectivity index (χ3n) is 13.0. The lowest BCUT2D eigenvalue weighted by atomic mass is 9.66. The molecule has 5 aliphatic rings. The van der Waals surface area contributed by atoms with Crippen LogP contribution < -0.4 is 35.5 Å². The molecule has 2 aromatic carbocycles. The fourth-order valence-corrected chi connectivity index (χ4v) is 9.45. The maximum Gasteiger partial charge on any atom is 0.342 e. The van der Waals surface area contributed by atoms with Gasteiger partial charge >= 0.3 is 5.92 Å². The number of ether oxygens (including phenoxy) is 1. The predicted octanol–water partition coefficient (Wildman–Crippen LogP) is 4.67. The lowest BCUT2D eigenvalue weighted by molar-refractivity contribution is -0.140. The summed E-state index contributed by atoms with van der Waals surface area (Å²) >= 11 is 0. The molecule has 3 aromatic rings. The highest BCUT2D eigenvalue weighted by Crippen LogP contribution is 2.45. The molecule has 18 heteroatoms. The van der Waals surface area contributed by atoms with Crippen molar-refractivity contribution < 1.29 is 37.1 Å². The number of aromatic nitrogens is 2. The van der Waals surface area contributed by atoms with Crippen molar-refractivity contribution in [2.45, 2.75) is 70.3 Å². The average molecular weight is 847 g/mol. The summed E-state index contributed by atoms with van der Waals surface area (Å²) in [5, 5.41) is 7.39. The standard InChI is InChI=1S/C43H53F3N10O5/c1-26(2)56-25-43(45,46)40(60)52(3)34-21-47-41(50-37(34)56)48-32-8-5-29(20-35(32)61-4)38(58)51-55-23-42(24-55)13-11-27(12-14-42)22-53-15-17-54(18-16-53)33-9-6-28(19-31(33)44)30-7-10-36(57)49-39(30)59/h5-6,8-9,19-21,26-27,30H,7,10-18,22-25H2,1-4H3,(H,51,58)(H,47,48,50)(H,49,57,59). The van der Waals surface area contributed by atoms with Crippen LogP contribution in [0.3, 0.4) is 0 Å². The Bertz CT molecular complexity index is 2180. The molecule has 61 heavy (non-hydrogen) atoms. The van der Waals surface area contributed by atoms with Crippen molar-refractivity contribution in [3.8, 4) is 5.75 Å². The monoisotopic (exact) mass is 846 g/mol. The highest BCUT2D eigenvalue weighted by Gasteiger charge is 2.48. The Hall–Kier alpha value is -5.49. The summed E-state index contributed by atoms with van der Waals surface area (Å²) in [5.41, 5.74) is 5.40. The smallest absolute Gasteiger partial charge is 0.342 e. The van der Waals surface area contributed by atoms with E-state index in [1.54, 1.807) is 38.1 Å². The van der Waals surface area contributed by atoms with Crippen LogP contribution in [0.4, 0.5) is 42.0 Å². The molecular formula is C43H53F3N10O5. The van der Waals surface area contributed by atoms with E-state index in [4.69, 9.17) is 4.74 Å². The van der Waals surface area contributed by atoms with Crippen molar-refractivity contribution in [3.05, 3.63) is 59.5 Å². The fourth-order valence-electron chi connectivity index (χ4n) is 9.45. The van der Waals surface area contributed by atoms with E-state index < -0.39 is 24.3 Å². The lowest BCUT2D eigenvalue weighted by Gasteiger charge is -2.53. The molecule has 15 nitrogen and oxygen atoms in total. The van der Waals surface area contributed by atoms with Crippen molar-refractivity contribution in [3.63, 3.8) is 0 Å². The van der Waals surface area contributed by atoms with E-state index >= 15 is 4.39 Å². The van der Waals surface area contributed by atoms with Gasteiger partial charge < -0.3 is 24.8 Å². The van der Waals surface area contributed by atoms with E-state index in [1.165, 1.54) is 31.3 Å². The number of anilines is 5. The Balaban J connectivity index is 0.793. The number of nitrogens with one attached hydrogen (secondary N) is 3. The number of piperidine rings is 1. The molecule has 326 valence electrons. The Kier molecular flexibility index (Phi) is 11.6. The van der Waals surface area contributed by atoms with Gasteiger partial charge in [-0.25, -0.2) is 14.4 Å². The van der Waals surface area contributed by atoms with Gasteiger partial charge in [0, 0.05) is 70.9 Å². The summed E-state index contributed by atoms with van der Waals surface area (Å²) in [7, 11) is 2.76. The molecule has 3 saturated heterocycles. The van der Waals surface area contributed by atoms with Gasteiger partial charge in [0.15, 0.2) is 5.82 Å². The maximum atomic E-state index is 15.3. The molecule has 1 spiro atoms. The zero-order valence-electron chi connectivity index (χ0n) is 35.0. The Labute approximate surface area is 352 Å². The Morgan fingerprint density at radius 3 is 2.39 bits per heavy atom. The van der Waals surface area contributed by atoms with Gasteiger partial charge in [0.1, 0.15) is 17.3 Å². The summed E-state index contributed by atoms with van der Waals surface area (Å²) in [6.07, 6.45) is 6.41. The van der Waals surface area contributed by atoms with E-state index in [2.05, 4.69) is 35.8 Å². The zero-order valence-corrected chi connectivity index (χ0v) is 35.0. The maximum absolute atomic E-state index is 15.3. The average Bonchev–Trinajstić information content (AvgIpc) is 3.29. The van der Waals surface area contributed by atoms with Crippen LogP contribution >= 0.6 is 0 Å². The van der Waals surface area contributed by atoms with Gasteiger partial charge in [-0.05, 0) is 93.2 Å². The number of halogens is 3. The van der Waals surface area contributed by atoms with E-state index in [9.17, 15) is 28.0 Å². The van der Waals surface area contributed by atoms with Crippen LogP contribution in [0.15, 0.2) is 42.6 Å². The Morgan fingerprint density at radius 2 is 1.72 bits per heavy atom. The van der Waals surface area contributed by atoms with Crippen molar-refractivity contribution in [2.75, 3.05) is 86.5 Å². The molecule has 4 fully saturated rings. The number of methoxy groups -OCH3 is 1. The second kappa shape index (κ2) is 16.8. The van der Waals surface area contributed by atoms with E-state index in [1.807, 2.05) is 11.1 Å². The van der Waals surface area contributed by atoms with Crippen LogP contribution in [0.25, 0.3) is 0 Å². The molecule has 8 rings (SSSR count). The van der Waals surface area contributed by atoms with E-state index in [-0.39, 0.29) is 58.9 Å². The molecule has 1 aromatic heterocycles. The minimum absolute atomic E-state index is 0.110. The number of carbonyl (C=O) groups is 4. The molecular weight excluding hydrogens is 794 g/mol. The first-order valence-electron chi connectivity index (χ1n) is 21.0. The van der Waals surface area contributed by atoms with Crippen LogP contribution in [-0.4, -0.2) is 122 Å². The lowest BCUT2D eigenvalue weighted by Crippen LogP contribution is -2.63. The van der Waals surface area contributed by atoms with E-state index in [0.717, 1.165) is 76.4 Å². The molecule has 0 radical (unpaired) electrons. The predicted molar refractivity (Wildman–Crippen MR) is 223 cm³/mol. The number of hydrogen-bond acceptors (Lipinski definition) is 12. The summed E-state index contributed by atoms with van der Waals surface area (Å²) in [5.74, 6) is -5.44. The highest BCUT2D eigenvalue weighted by atomic mass is 19.3. The summed E-state index contributed by atoms with van der Waals surface area (Å²) < 4.78 is 50.4. The number of benzene rings is 2. The van der Waals surface area contributed by atoms with Gasteiger partial charge in [-0.2, -0.15) is 13.8 Å². The minimum atomic E-state index is -3.60. The number of amides is 4. The van der Waals surface area contributed by atoms with Crippen molar-refractivity contribution >= 4 is 52.5 Å². The number of rotatable bonds is 10. The molecule has 0 bridgehead atoms. The van der Waals surface area contributed by atoms with Gasteiger partial charge in [-0.1, -0.05) is 6.07 Å². The molecule has 1 atom stereocenters. The number of imide groups is 1. The van der Waals surface area contributed by atoms with Gasteiger partial charge in [0.2, 0.25) is 17.8 Å². The number of alkyl halides is 2. The van der Waals surface area contributed by atoms with Crippen LogP contribution in [-0.2, 0) is 14.4 Å². The highest BCUT2D eigenvalue weighted by molar-refractivity contribution is 6.02. The van der Waals surface area contributed by atoms with Crippen molar-refractivity contribution in [2.24, 2.45) is 11.3 Å². The van der Waals surface area contributed by atoms with Crippen LogP contribution in [0.5, 0.6) is 5.75 Å². The number of piperazine rings is 1. The number of hydrazine groups is 1. The second-order valence-electron chi connectivity index (χ2n) is 17.5. The zero-order chi connectivity index (χ0) is 43.2. The molecule has 1 unspecified atom stereocenters. The topological polar surface area (TPSA) is 156 Å².